The molecule has 0 bridgehead atoms. The first-order valence-corrected chi connectivity index (χ1v) is 9.65. The van der Waals surface area contributed by atoms with Crippen molar-refractivity contribution in [2.75, 3.05) is 13.7 Å². The van der Waals surface area contributed by atoms with Gasteiger partial charge < -0.3 is 9.64 Å². The van der Waals surface area contributed by atoms with E-state index in [1.54, 1.807) is 7.11 Å². The number of benzene rings is 2. The summed E-state index contributed by atoms with van der Waals surface area (Å²) >= 11 is 0. The number of amides is 1. The van der Waals surface area contributed by atoms with Crippen molar-refractivity contribution in [3.8, 4) is 16.9 Å². The summed E-state index contributed by atoms with van der Waals surface area (Å²) in [5.41, 5.74) is 4.89. The van der Waals surface area contributed by atoms with E-state index in [0.717, 1.165) is 53.2 Å². The van der Waals surface area contributed by atoms with Crippen LogP contribution in [0, 0.1) is 6.92 Å². The fourth-order valence-electron chi connectivity index (χ4n) is 3.88. The van der Waals surface area contributed by atoms with Gasteiger partial charge in [0.1, 0.15) is 5.75 Å². The molecule has 1 saturated heterocycles. The van der Waals surface area contributed by atoms with E-state index in [1.165, 1.54) is 0 Å². The fraction of sp³-hybridized carbons (Fsp3) is 0.250. The predicted molar refractivity (Wildman–Crippen MR) is 110 cm³/mol. The van der Waals surface area contributed by atoms with Crippen LogP contribution in [-0.2, 0) is 0 Å². The Morgan fingerprint density at radius 2 is 1.79 bits per heavy atom. The highest BCUT2D eigenvalue weighted by molar-refractivity contribution is 5.94. The van der Waals surface area contributed by atoms with Gasteiger partial charge in [0.05, 0.1) is 18.8 Å². The van der Waals surface area contributed by atoms with Crippen molar-refractivity contribution in [3.63, 3.8) is 0 Å². The van der Waals surface area contributed by atoms with Gasteiger partial charge in [-0.15, -0.1) is 0 Å². The van der Waals surface area contributed by atoms with Gasteiger partial charge in [0.25, 0.3) is 5.91 Å². The second kappa shape index (κ2) is 7.85. The first-order chi connectivity index (χ1) is 13.7. The Morgan fingerprint density at radius 1 is 1.04 bits per heavy atom. The lowest BCUT2D eigenvalue weighted by Gasteiger charge is -2.25. The van der Waals surface area contributed by atoms with E-state index in [-0.39, 0.29) is 11.9 Å². The van der Waals surface area contributed by atoms with Crippen LogP contribution in [0.4, 0.5) is 0 Å². The minimum absolute atomic E-state index is 0.0182. The van der Waals surface area contributed by atoms with E-state index < -0.39 is 0 Å². The predicted octanol–water partition coefficient (Wildman–Crippen LogP) is 5.04. The number of hydrogen-bond donors (Lipinski definition) is 0. The van der Waals surface area contributed by atoms with Crippen LogP contribution in [0.2, 0.25) is 0 Å². The highest BCUT2D eigenvalue weighted by atomic mass is 16.5. The van der Waals surface area contributed by atoms with Crippen molar-refractivity contribution < 1.29 is 9.53 Å². The molecule has 4 heteroatoms. The maximum atomic E-state index is 13.0. The lowest BCUT2D eigenvalue weighted by atomic mass is 10.0. The average molecular weight is 372 g/mol. The second-order valence-corrected chi connectivity index (χ2v) is 7.17. The zero-order valence-electron chi connectivity index (χ0n) is 16.3. The van der Waals surface area contributed by atoms with Crippen molar-refractivity contribution in [2.45, 2.75) is 25.8 Å². The number of ether oxygens (including phenoxy) is 1. The van der Waals surface area contributed by atoms with Gasteiger partial charge in [-0.25, -0.2) is 0 Å². The van der Waals surface area contributed by atoms with Gasteiger partial charge in [-0.05, 0) is 67.3 Å². The largest absolute Gasteiger partial charge is 0.497 e. The van der Waals surface area contributed by atoms with Crippen LogP contribution >= 0.6 is 0 Å². The summed E-state index contributed by atoms with van der Waals surface area (Å²) in [6.07, 6.45) is 1.94. The van der Waals surface area contributed by atoms with Gasteiger partial charge in [0.15, 0.2) is 0 Å². The van der Waals surface area contributed by atoms with Crippen molar-refractivity contribution in [2.24, 2.45) is 0 Å². The number of hydrogen-bond acceptors (Lipinski definition) is 3. The number of nitrogens with zero attached hydrogens (tertiary/aromatic N) is 2. The summed E-state index contributed by atoms with van der Waals surface area (Å²) in [7, 11) is 1.67. The van der Waals surface area contributed by atoms with Crippen molar-refractivity contribution in [1.82, 2.24) is 9.88 Å². The third kappa shape index (κ3) is 3.63. The summed E-state index contributed by atoms with van der Waals surface area (Å²) in [5.74, 6) is 0.919. The van der Waals surface area contributed by atoms with Crippen molar-refractivity contribution in [1.29, 1.82) is 0 Å². The summed E-state index contributed by atoms with van der Waals surface area (Å²) in [6.45, 7) is 2.78. The van der Waals surface area contributed by atoms with Crippen LogP contribution in [0.5, 0.6) is 5.75 Å². The molecule has 142 valence electrons. The molecule has 1 amide bonds. The van der Waals surface area contributed by atoms with Crippen LogP contribution in [-0.4, -0.2) is 29.4 Å². The van der Waals surface area contributed by atoms with Crippen LogP contribution < -0.4 is 4.74 Å². The molecule has 1 atom stereocenters. The number of methoxy groups -OCH3 is 1. The Balaban J connectivity index is 1.66. The molecule has 0 aliphatic carbocycles. The van der Waals surface area contributed by atoms with E-state index >= 15 is 0 Å². The third-order valence-electron chi connectivity index (χ3n) is 5.27. The van der Waals surface area contributed by atoms with E-state index in [0.29, 0.717) is 0 Å². The van der Waals surface area contributed by atoms with Gasteiger partial charge in [-0.3, -0.25) is 9.78 Å². The highest BCUT2D eigenvalue weighted by Crippen LogP contribution is 2.34. The van der Waals surface area contributed by atoms with Crippen molar-refractivity contribution in [3.05, 3.63) is 83.7 Å². The molecule has 4 rings (SSSR count). The molecule has 1 aromatic heterocycles. The fourth-order valence-corrected chi connectivity index (χ4v) is 3.88. The molecule has 1 aliphatic rings. The van der Waals surface area contributed by atoms with Gasteiger partial charge in [0.2, 0.25) is 0 Å². The van der Waals surface area contributed by atoms with Crippen molar-refractivity contribution >= 4 is 5.91 Å². The molecule has 1 aliphatic heterocycles. The maximum absolute atomic E-state index is 13.0. The number of aromatic nitrogens is 1. The van der Waals surface area contributed by atoms with E-state index in [1.807, 2.05) is 54.3 Å². The quantitative estimate of drug-likeness (QED) is 0.644. The minimum Gasteiger partial charge on any atom is -0.497 e. The van der Waals surface area contributed by atoms with Gasteiger partial charge >= 0.3 is 0 Å². The van der Waals surface area contributed by atoms with Gasteiger partial charge in [0, 0.05) is 17.8 Å². The number of aryl methyl sites for hydroxylation is 1. The van der Waals surface area contributed by atoms with E-state index in [2.05, 4.69) is 24.3 Å². The number of rotatable bonds is 4. The molecule has 0 spiro atoms. The lowest BCUT2D eigenvalue weighted by molar-refractivity contribution is 0.0733. The Hall–Kier alpha value is -3.14. The van der Waals surface area contributed by atoms with E-state index in [4.69, 9.17) is 9.72 Å². The first kappa shape index (κ1) is 18.2. The topological polar surface area (TPSA) is 42.4 Å². The number of pyridine rings is 1. The van der Waals surface area contributed by atoms with Crippen LogP contribution in [0.15, 0.2) is 66.7 Å². The molecule has 3 aromatic rings. The SMILES string of the molecule is COc1ccc(-c2cc(C)nc([C@@H]3CCCN3C(=O)c3ccccc3)c2)cc1. The molecule has 1 fully saturated rings. The van der Waals surface area contributed by atoms with Crippen LogP contribution in [0.3, 0.4) is 0 Å². The minimum atomic E-state index is 0.0182. The molecule has 2 heterocycles. The Kier molecular flexibility index (Phi) is 5.11. The standard InChI is InChI=1S/C24H24N2O2/c1-17-15-20(18-10-12-21(28-2)13-11-18)16-22(25-17)23-9-6-14-26(23)24(27)19-7-4-3-5-8-19/h3-5,7-8,10-13,15-16,23H,6,9,14H2,1-2H3/t23-/m0/s1. The highest BCUT2D eigenvalue weighted by Gasteiger charge is 2.31. The number of likely N-dealkylation sites (tertiary alicyclic amines) is 1. The van der Waals surface area contributed by atoms with Gasteiger partial charge in [-0.2, -0.15) is 0 Å². The smallest absolute Gasteiger partial charge is 0.254 e. The molecule has 28 heavy (non-hydrogen) atoms. The zero-order valence-corrected chi connectivity index (χ0v) is 16.3. The number of carbonyl (C=O) groups is 1. The summed E-state index contributed by atoms with van der Waals surface area (Å²) in [6, 6.07) is 21.8. The summed E-state index contributed by atoms with van der Waals surface area (Å²) in [4.78, 5) is 19.8. The maximum Gasteiger partial charge on any atom is 0.254 e. The van der Waals surface area contributed by atoms with Crippen LogP contribution in [0.1, 0.15) is 40.6 Å². The molecule has 0 radical (unpaired) electrons. The second-order valence-electron chi connectivity index (χ2n) is 7.17. The third-order valence-corrected chi connectivity index (χ3v) is 5.27. The van der Waals surface area contributed by atoms with E-state index in [9.17, 15) is 4.79 Å². The molecular weight excluding hydrogens is 348 g/mol. The van der Waals surface area contributed by atoms with Crippen LogP contribution in [0.25, 0.3) is 11.1 Å². The zero-order chi connectivity index (χ0) is 19.5. The average Bonchev–Trinajstić information content (AvgIpc) is 3.23. The summed E-state index contributed by atoms with van der Waals surface area (Å²) in [5, 5.41) is 0. The normalized spacial score (nSPS) is 16.2. The molecule has 0 saturated carbocycles. The molecule has 0 N–H and O–H groups in total. The molecule has 4 nitrogen and oxygen atoms in total. The molecule has 2 aromatic carbocycles. The number of carbonyl (C=O) groups excluding carboxylic acids is 1. The summed E-state index contributed by atoms with van der Waals surface area (Å²) < 4.78 is 5.26. The first-order valence-electron chi connectivity index (χ1n) is 9.65. The Bertz CT molecular complexity index is 968. The van der Waals surface area contributed by atoms with Gasteiger partial charge in [-0.1, -0.05) is 30.3 Å². The molecule has 0 unspecified atom stereocenters. The Morgan fingerprint density at radius 3 is 2.50 bits per heavy atom. The monoisotopic (exact) mass is 372 g/mol. The molecular formula is C24H24N2O2. The lowest BCUT2D eigenvalue weighted by Crippen LogP contribution is -2.31. The Labute approximate surface area is 165 Å².